The second kappa shape index (κ2) is 7.24. The summed E-state index contributed by atoms with van der Waals surface area (Å²) in [5.74, 6) is 0.905. The molecule has 5 heteroatoms. The van der Waals surface area contributed by atoms with Crippen molar-refractivity contribution in [3.8, 4) is 11.5 Å². The van der Waals surface area contributed by atoms with Gasteiger partial charge in [-0.05, 0) is 18.6 Å². The summed E-state index contributed by atoms with van der Waals surface area (Å²) in [6.45, 7) is 0.562. The highest BCUT2D eigenvalue weighted by molar-refractivity contribution is 6.32. The fourth-order valence-corrected chi connectivity index (χ4v) is 1.89. The molecule has 0 spiro atoms. The van der Waals surface area contributed by atoms with E-state index in [0.717, 1.165) is 0 Å². The van der Waals surface area contributed by atoms with Crippen LogP contribution in [0.5, 0.6) is 11.5 Å². The van der Waals surface area contributed by atoms with Gasteiger partial charge >= 0.3 is 0 Å². The molecule has 18 heavy (non-hydrogen) atoms. The number of ether oxygens (including phenoxy) is 3. The van der Waals surface area contributed by atoms with Crippen molar-refractivity contribution in [1.82, 2.24) is 0 Å². The SMILES string of the molecule is COCCCC(=O)c1cc(Cl)c(OC)c(OC)c1. The second-order valence-electron chi connectivity index (χ2n) is 3.71. The van der Waals surface area contributed by atoms with Gasteiger partial charge in [-0.3, -0.25) is 4.79 Å². The van der Waals surface area contributed by atoms with Gasteiger partial charge in [0.15, 0.2) is 17.3 Å². The van der Waals surface area contributed by atoms with Crippen molar-refractivity contribution >= 4 is 17.4 Å². The van der Waals surface area contributed by atoms with Crippen molar-refractivity contribution < 1.29 is 19.0 Å². The van der Waals surface area contributed by atoms with Crippen molar-refractivity contribution in [2.24, 2.45) is 0 Å². The topological polar surface area (TPSA) is 44.8 Å². The van der Waals surface area contributed by atoms with Crippen LogP contribution in [0.3, 0.4) is 0 Å². The number of carbonyl (C=O) groups excluding carboxylic acids is 1. The minimum absolute atomic E-state index is 0.00917. The molecule has 1 aromatic carbocycles. The van der Waals surface area contributed by atoms with Crippen molar-refractivity contribution in [3.63, 3.8) is 0 Å². The van der Waals surface area contributed by atoms with Crippen molar-refractivity contribution in [1.29, 1.82) is 0 Å². The molecule has 1 rings (SSSR count). The van der Waals surface area contributed by atoms with Gasteiger partial charge in [-0.1, -0.05) is 11.6 Å². The summed E-state index contributed by atoms with van der Waals surface area (Å²) in [5, 5.41) is 0.368. The van der Waals surface area contributed by atoms with Crippen LogP contribution in [0.4, 0.5) is 0 Å². The quantitative estimate of drug-likeness (QED) is 0.565. The second-order valence-corrected chi connectivity index (χ2v) is 4.12. The minimum Gasteiger partial charge on any atom is -0.493 e. The molecule has 0 radical (unpaired) electrons. The first kappa shape index (κ1) is 14.8. The highest BCUT2D eigenvalue weighted by Crippen LogP contribution is 2.36. The van der Waals surface area contributed by atoms with Crippen LogP contribution in [-0.2, 0) is 4.74 Å². The van der Waals surface area contributed by atoms with E-state index in [1.165, 1.54) is 14.2 Å². The Kier molecular flexibility index (Phi) is 5.95. The van der Waals surface area contributed by atoms with Gasteiger partial charge in [-0.15, -0.1) is 0 Å². The average Bonchev–Trinajstić information content (AvgIpc) is 2.37. The third kappa shape index (κ3) is 3.62. The molecule has 0 bridgehead atoms. The highest BCUT2D eigenvalue weighted by atomic mass is 35.5. The van der Waals surface area contributed by atoms with E-state index >= 15 is 0 Å². The first-order chi connectivity index (χ1) is 8.63. The molecule has 4 nitrogen and oxygen atoms in total. The van der Waals surface area contributed by atoms with E-state index in [9.17, 15) is 4.79 Å². The number of Topliss-reactive ketones (excluding diaryl/α,β-unsaturated/α-hetero) is 1. The van der Waals surface area contributed by atoms with E-state index in [2.05, 4.69) is 0 Å². The Hall–Kier alpha value is -1.26. The standard InChI is InChI=1S/C13H17ClO4/c1-16-6-4-5-11(15)9-7-10(14)13(18-3)12(8-9)17-2/h7-8H,4-6H2,1-3H3. The summed E-state index contributed by atoms with van der Waals surface area (Å²) in [4.78, 5) is 11.9. The average molecular weight is 273 g/mol. The van der Waals surface area contributed by atoms with Crippen LogP contribution in [0.15, 0.2) is 12.1 Å². The van der Waals surface area contributed by atoms with Gasteiger partial charge in [0.05, 0.1) is 19.2 Å². The van der Waals surface area contributed by atoms with E-state index in [1.54, 1.807) is 19.2 Å². The number of rotatable bonds is 7. The molecule has 0 saturated carbocycles. The Morgan fingerprint density at radius 2 is 1.94 bits per heavy atom. The first-order valence-electron chi connectivity index (χ1n) is 5.57. The lowest BCUT2D eigenvalue weighted by Crippen LogP contribution is -2.03. The van der Waals surface area contributed by atoms with Crippen LogP contribution in [0.25, 0.3) is 0 Å². The molecule has 0 N–H and O–H groups in total. The van der Waals surface area contributed by atoms with Crippen LogP contribution in [-0.4, -0.2) is 33.7 Å². The van der Waals surface area contributed by atoms with Gasteiger partial charge in [0, 0.05) is 25.7 Å². The van der Waals surface area contributed by atoms with Gasteiger partial charge in [-0.2, -0.15) is 0 Å². The first-order valence-corrected chi connectivity index (χ1v) is 5.95. The molecule has 0 atom stereocenters. The molecule has 0 aliphatic heterocycles. The van der Waals surface area contributed by atoms with E-state index < -0.39 is 0 Å². The van der Waals surface area contributed by atoms with Gasteiger partial charge in [0.1, 0.15) is 0 Å². The molecule has 0 unspecified atom stereocenters. The molecule has 1 aromatic rings. The van der Waals surface area contributed by atoms with E-state index in [1.807, 2.05) is 0 Å². The molecule has 0 fully saturated rings. The number of methoxy groups -OCH3 is 3. The van der Waals surface area contributed by atoms with E-state index in [4.69, 9.17) is 25.8 Å². The molecule has 0 saturated heterocycles. The fourth-order valence-electron chi connectivity index (χ4n) is 1.60. The zero-order valence-corrected chi connectivity index (χ0v) is 11.5. The smallest absolute Gasteiger partial charge is 0.179 e. The van der Waals surface area contributed by atoms with Crippen LogP contribution < -0.4 is 9.47 Å². The molecular weight excluding hydrogens is 256 g/mol. The van der Waals surface area contributed by atoms with Gasteiger partial charge in [0.2, 0.25) is 0 Å². The number of hydrogen-bond donors (Lipinski definition) is 0. The van der Waals surface area contributed by atoms with Gasteiger partial charge < -0.3 is 14.2 Å². The largest absolute Gasteiger partial charge is 0.493 e. The Bertz CT molecular complexity index is 418. The maximum absolute atomic E-state index is 11.9. The van der Waals surface area contributed by atoms with Crippen LogP contribution in [0.2, 0.25) is 5.02 Å². The zero-order chi connectivity index (χ0) is 13.5. The number of hydrogen-bond acceptors (Lipinski definition) is 4. The van der Waals surface area contributed by atoms with E-state index in [-0.39, 0.29) is 5.78 Å². The maximum Gasteiger partial charge on any atom is 0.179 e. The summed E-state index contributed by atoms with van der Waals surface area (Å²) in [7, 11) is 4.62. The Labute approximate surface area is 112 Å². The van der Waals surface area contributed by atoms with Gasteiger partial charge in [0.25, 0.3) is 0 Å². The molecule has 0 amide bonds. The van der Waals surface area contributed by atoms with Crippen LogP contribution in [0.1, 0.15) is 23.2 Å². The zero-order valence-electron chi connectivity index (χ0n) is 10.8. The normalized spacial score (nSPS) is 10.2. The minimum atomic E-state index is 0.00917. The molecule has 0 heterocycles. The lowest BCUT2D eigenvalue weighted by molar-refractivity contribution is 0.0963. The monoisotopic (exact) mass is 272 g/mol. The predicted octanol–water partition coefficient (Wildman–Crippen LogP) is 2.97. The van der Waals surface area contributed by atoms with Crippen LogP contribution in [0, 0.1) is 0 Å². The van der Waals surface area contributed by atoms with Gasteiger partial charge in [-0.25, -0.2) is 0 Å². The number of ketones is 1. The fraction of sp³-hybridized carbons (Fsp3) is 0.462. The number of benzene rings is 1. The summed E-state index contributed by atoms with van der Waals surface area (Å²) in [6.07, 6.45) is 1.10. The Morgan fingerprint density at radius 3 is 2.50 bits per heavy atom. The highest BCUT2D eigenvalue weighted by Gasteiger charge is 2.14. The third-order valence-corrected chi connectivity index (χ3v) is 2.79. The summed E-state index contributed by atoms with van der Waals surface area (Å²) >= 11 is 6.04. The molecule has 0 aliphatic carbocycles. The third-order valence-electron chi connectivity index (χ3n) is 2.51. The lowest BCUT2D eigenvalue weighted by Gasteiger charge is -2.11. The molecule has 0 aromatic heterocycles. The number of halogens is 1. The summed E-state index contributed by atoms with van der Waals surface area (Å²) in [5.41, 5.74) is 0.522. The molecule has 0 aliphatic rings. The Balaban J connectivity index is 2.90. The summed E-state index contributed by atoms with van der Waals surface area (Å²) in [6, 6.07) is 3.23. The predicted molar refractivity (Wildman–Crippen MR) is 70.0 cm³/mol. The Morgan fingerprint density at radius 1 is 1.22 bits per heavy atom. The lowest BCUT2D eigenvalue weighted by atomic mass is 10.1. The van der Waals surface area contributed by atoms with Crippen molar-refractivity contribution in [2.45, 2.75) is 12.8 Å². The van der Waals surface area contributed by atoms with Crippen molar-refractivity contribution in [3.05, 3.63) is 22.7 Å². The van der Waals surface area contributed by atoms with E-state index in [0.29, 0.717) is 41.5 Å². The van der Waals surface area contributed by atoms with Crippen molar-refractivity contribution in [2.75, 3.05) is 27.9 Å². The molecular formula is C13H17ClO4. The summed E-state index contributed by atoms with van der Waals surface area (Å²) < 4.78 is 15.2. The van der Waals surface area contributed by atoms with Crippen LogP contribution >= 0.6 is 11.6 Å². The number of carbonyl (C=O) groups is 1. The maximum atomic E-state index is 11.9. The molecule has 100 valence electrons.